The lowest BCUT2D eigenvalue weighted by Crippen LogP contribution is -2.51. The number of fused-ring (bicyclic) bond motifs is 2. The van der Waals surface area contributed by atoms with Crippen LogP contribution in [0.3, 0.4) is 0 Å². The third-order valence-electron chi connectivity index (χ3n) is 6.36. The second-order valence-corrected chi connectivity index (χ2v) is 9.68. The summed E-state index contributed by atoms with van der Waals surface area (Å²) in [5, 5.41) is 12.2. The summed E-state index contributed by atoms with van der Waals surface area (Å²) >= 11 is 1.44. The van der Waals surface area contributed by atoms with E-state index in [1.165, 1.54) is 11.8 Å². The van der Waals surface area contributed by atoms with Crippen LogP contribution in [0.1, 0.15) is 16.7 Å². The summed E-state index contributed by atoms with van der Waals surface area (Å²) in [7, 11) is 3.14. The Morgan fingerprint density at radius 1 is 1.08 bits per heavy atom. The minimum atomic E-state index is -1.22. The van der Waals surface area contributed by atoms with Crippen molar-refractivity contribution >= 4 is 35.1 Å². The van der Waals surface area contributed by atoms with Crippen LogP contribution in [0, 0.1) is 11.3 Å². The summed E-state index contributed by atoms with van der Waals surface area (Å²) in [5.74, 6) is 1.63. The van der Waals surface area contributed by atoms with E-state index in [0.717, 1.165) is 11.3 Å². The Morgan fingerprint density at radius 2 is 1.86 bits per heavy atom. The van der Waals surface area contributed by atoms with E-state index in [1.54, 1.807) is 66.5 Å². The fourth-order valence-electron chi connectivity index (χ4n) is 4.69. The maximum Gasteiger partial charge on any atom is 0.323 e. The molecule has 0 aliphatic carbocycles. The number of nitrogens with zero attached hydrogens (tertiary/aromatic N) is 3. The molecule has 9 heteroatoms. The van der Waals surface area contributed by atoms with Gasteiger partial charge in [-0.3, -0.25) is 9.69 Å². The Balaban J connectivity index is 1.53. The number of nitriles is 1. The van der Waals surface area contributed by atoms with Gasteiger partial charge in [0.05, 0.1) is 38.1 Å². The van der Waals surface area contributed by atoms with Crippen molar-refractivity contribution in [3.8, 4) is 17.6 Å². The third kappa shape index (κ3) is 3.89. The number of thioether (sulfide) groups is 1. The van der Waals surface area contributed by atoms with E-state index in [0.29, 0.717) is 40.6 Å². The van der Waals surface area contributed by atoms with Crippen LogP contribution in [0.15, 0.2) is 66.7 Å². The van der Waals surface area contributed by atoms with E-state index >= 15 is 0 Å². The van der Waals surface area contributed by atoms with Gasteiger partial charge in [-0.1, -0.05) is 18.2 Å². The Bertz CT molecular complexity index is 1390. The molecule has 3 amide bonds. The molecule has 36 heavy (non-hydrogen) atoms. The van der Waals surface area contributed by atoms with E-state index < -0.39 is 4.87 Å². The van der Waals surface area contributed by atoms with Crippen LogP contribution in [0.5, 0.6) is 11.5 Å². The van der Waals surface area contributed by atoms with E-state index in [-0.39, 0.29) is 18.5 Å². The number of amides is 3. The number of ether oxygens (including phenoxy) is 2. The van der Waals surface area contributed by atoms with Crippen LogP contribution < -0.4 is 19.7 Å². The van der Waals surface area contributed by atoms with Gasteiger partial charge in [0, 0.05) is 29.6 Å². The van der Waals surface area contributed by atoms with Gasteiger partial charge in [-0.25, -0.2) is 4.79 Å². The van der Waals surface area contributed by atoms with Crippen molar-refractivity contribution in [2.45, 2.75) is 11.4 Å². The van der Waals surface area contributed by atoms with Crippen molar-refractivity contribution in [3.63, 3.8) is 0 Å². The summed E-state index contributed by atoms with van der Waals surface area (Å²) in [6.07, 6.45) is 0. The quantitative estimate of drug-likeness (QED) is 0.552. The number of benzene rings is 3. The molecule has 5 rings (SSSR count). The number of anilines is 2. The molecule has 0 bridgehead atoms. The normalized spacial score (nSPS) is 18.2. The summed E-state index contributed by atoms with van der Waals surface area (Å²) in [5.41, 5.74) is 3.37. The second-order valence-electron chi connectivity index (χ2n) is 8.39. The molecule has 2 aliphatic heterocycles. The summed E-state index contributed by atoms with van der Waals surface area (Å²) in [6.45, 7) is 0.682. The smallest absolute Gasteiger partial charge is 0.323 e. The summed E-state index contributed by atoms with van der Waals surface area (Å²) in [6, 6.07) is 21.6. The molecular weight excluding hydrogens is 476 g/mol. The zero-order chi connectivity index (χ0) is 25.3. The highest BCUT2D eigenvalue weighted by Crippen LogP contribution is 2.55. The number of nitrogens with one attached hydrogen (secondary N) is 1. The van der Waals surface area contributed by atoms with Crippen LogP contribution in [0.25, 0.3) is 0 Å². The van der Waals surface area contributed by atoms with Gasteiger partial charge in [0.1, 0.15) is 11.5 Å². The maximum absolute atomic E-state index is 14.2. The predicted molar refractivity (Wildman–Crippen MR) is 138 cm³/mol. The van der Waals surface area contributed by atoms with Gasteiger partial charge in [0.15, 0.2) is 4.87 Å². The highest BCUT2D eigenvalue weighted by molar-refractivity contribution is 8.01. The molecule has 1 fully saturated rings. The first-order valence-corrected chi connectivity index (χ1v) is 12.3. The largest absolute Gasteiger partial charge is 0.497 e. The highest BCUT2D eigenvalue weighted by atomic mass is 32.2. The van der Waals surface area contributed by atoms with Gasteiger partial charge in [-0.15, -0.1) is 11.8 Å². The number of urea groups is 1. The number of methoxy groups -OCH3 is 2. The monoisotopic (exact) mass is 500 g/mol. The van der Waals surface area contributed by atoms with Crippen molar-refractivity contribution in [2.75, 3.05) is 36.7 Å². The van der Waals surface area contributed by atoms with E-state index in [4.69, 9.17) is 9.47 Å². The first-order valence-electron chi connectivity index (χ1n) is 11.4. The SMILES string of the molecule is COc1cccc(NC(=O)N2CCS[C@]23C(=O)N(Cc2cccc(C#N)c2)c2ccc(OC)cc23)c1. The Hall–Kier alpha value is -4.16. The van der Waals surface area contributed by atoms with Gasteiger partial charge in [-0.2, -0.15) is 5.26 Å². The molecule has 8 nitrogen and oxygen atoms in total. The Labute approximate surface area is 213 Å². The number of carbonyl (C=O) groups excluding carboxylic acids is 2. The predicted octanol–water partition coefficient (Wildman–Crippen LogP) is 4.56. The fourth-order valence-corrected chi connectivity index (χ4v) is 6.14. The van der Waals surface area contributed by atoms with Gasteiger partial charge in [-0.05, 0) is 48.0 Å². The first-order chi connectivity index (χ1) is 17.5. The molecule has 2 aliphatic rings. The van der Waals surface area contributed by atoms with Gasteiger partial charge >= 0.3 is 6.03 Å². The number of rotatable bonds is 5. The van der Waals surface area contributed by atoms with Gasteiger partial charge in [0.2, 0.25) is 0 Å². The average Bonchev–Trinajstić information content (AvgIpc) is 3.45. The Morgan fingerprint density at radius 3 is 2.64 bits per heavy atom. The van der Waals surface area contributed by atoms with Crippen molar-refractivity contribution in [1.29, 1.82) is 5.26 Å². The van der Waals surface area contributed by atoms with Crippen molar-refractivity contribution in [2.24, 2.45) is 0 Å². The number of hydrogen-bond donors (Lipinski definition) is 1. The van der Waals surface area contributed by atoms with Crippen molar-refractivity contribution in [3.05, 3.63) is 83.4 Å². The molecule has 3 aromatic carbocycles. The molecule has 1 N–H and O–H groups in total. The number of carbonyl (C=O) groups is 2. The van der Waals surface area contributed by atoms with Gasteiger partial charge in [0.25, 0.3) is 5.91 Å². The first kappa shape index (κ1) is 23.6. The van der Waals surface area contributed by atoms with E-state index in [9.17, 15) is 14.9 Å². The zero-order valence-corrected chi connectivity index (χ0v) is 20.7. The minimum absolute atomic E-state index is 0.198. The highest BCUT2D eigenvalue weighted by Gasteiger charge is 2.59. The minimum Gasteiger partial charge on any atom is -0.497 e. The molecule has 1 saturated heterocycles. The molecule has 0 unspecified atom stereocenters. The lowest BCUT2D eigenvalue weighted by molar-refractivity contribution is -0.123. The van der Waals surface area contributed by atoms with E-state index in [1.807, 2.05) is 24.3 Å². The summed E-state index contributed by atoms with van der Waals surface area (Å²) < 4.78 is 10.7. The molecule has 0 saturated carbocycles. The van der Waals surface area contributed by atoms with Crippen LogP contribution in [-0.2, 0) is 16.2 Å². The molecular formula is C27H24N4O4S. The van der Waals surface area contributed by atoms with Crippen LogP contribution in [-0.4, -0.2) is 43.4 Å². The fraction of sp³-hybridized carbons (Fsp3) is 0.222. The lowest BCUT2D eigenvalue weighted by atomic mass is 10.1. The third-order valence-corrected chi connectivity index (χ3v) is 7.78. The average molecular weight is 501 g/mol. The van der Waals surface area contributed by atoms with Crippen LogP contribution >= 0.6 is 11.8 Å². The standard InChI is InChI=1S/C27H24N4O4S/c1-34-21-8-4-7-20(14-21)29-26(33)31-11-12-36-27(31)23-15-22(35-2)9-10-24(23)30(25(27)32)17-19-6-3-5-18(13-19)16-28/h3-10,13-15H,11-12,17H2,1-2H3,(H,29,33)/t27-/m1/s1. The lowest BCUT2D eigenvalue weighted by Gasteiger charge is -2.33. The van der Waals surface area contributed by atoms with Crippen LogP contribution in [0.4, 0.5) is 16.2 Å². The molecule has 1 atom stereocenters. The summed E-state index contributed by atoms with van der Waals surface area (Å²) in [4.78, 5) is 29.8. The van der Waals surface area contributed by atoms with Gasteiger partial charge < -0.3 is 19.7 Å². The maximum atomic E-state index is 14.2. The molecule has 182 valence electrons. The zero-order valence-electron chi connectivity index (χ0n) is 19.9. The molecule has 0 radical (unpaired) electrons. The van der Waals surface area contributed by atoms with E-state index in [2.05, 4.69) is 11.4 Å². The molecule has 0 aromatic heterocycles. The molecule has 1 spiro atoms. The molecule has 3 aromatic rings. The van der Waals surface area contributed by atoms with Crippen LogP contribution in [0.2, 0.25) is 0 Å². The Kier molecular flexibility index (Phi) is 6.20. The van der Waals surface area contributed by atoms with Crippen molar-refractivity contribution in [1.82, 2.24) is 4.90 Å². The molecule has 2 heterocycles. The number of hydrogen-bond acceptors (Lipinski definition) is 6. The second kappa shape index (κ2) is 9.47. The van der Waals surface area contributed by atoms with Crippen molar-refractivity contribution < 1.29 is 19.1 Å². The topological polar surface area (TPSA) is 94.9 Å².